The van der Waals surface area contributed by atoms with Gasteiger partial charge in [0.25, 0.3) is 11.1 Å². The Morgan fingerprint density at radius 2 is 1.43 bits per heavy atom. The molecule has 9 heteroatoms. The Kier molecular flexibility index (Phi) is 7.65. The molecule has 5 heterocycles. The Morgan fingerprint density at radius 3 is 2.14 bits per heavy atom. The van der Waals surface area contributed by atoms with Crippen LogP contribution in [0.25, 0.3) is 52.7 Å². The predicted molar refractivity (Wildman–Crippen MR) is 208 cm³/mol. The molecule has 0 unspecified atom stereocenters. The minimum Gasteiger partial charge on any atom is -0.456 e. The van der Waals surface area contributed by atoms with Gasteiger partial charge >= 0.3 is 11.6 Å². The molecule has 51 heavy (non-hydrogen) atoms. The summed E-state index contributed by atoms with van der Waals surface area (Å²) in [4.78, 5) is 53.4. The molecular formula is C42H40N2O6S. The third-order valence-corrected chi connectivity index (χ3v) is 11.0. The molecule has 0 spiro atoms. The van der Waals surface area contributed by atoms with Crippen molar-refractivity contribution < 1.29 is 13.9 Å². The van der Waals surface area contributed by atoms with E-state index in [4.69, 9.17) is 9.15 Å². The summed E-state index contributed by atoms with van der Waals surface area (Å²) in [5, 5.41) is 6.14. The number of rotatable bonds is 1. The van der Waals surface area contributed by atoms with Crippen LogP contribution in [0.1, 0.15) is 75.9 Å². The zero-order valence-electron chi connectivity index (χ0n) is 29.8. The molecule has 0 atom stereocenters. The number of carbonyl (C=O) groups excluding carboxylic acids is 1. The Labute approximate surface area is 298 Å². The molecule has 9 rings (SSSR count). The number of esters is 1. The number of fused-ring (bicyclic) bond motifs is 4. The van der Waals surface area contributed by atoms with E-state index in [0.29, 0.717) is 16.4 Å². The standard InChI is InChI=1S/C22H17NO2S.C20H23NO4/c1-22(2,3)23-20(24)14-9-8-13-12-6-4-5-7-16(12)26-17-11-10-15(21(23)25)18(14)19(13)17;1-20(2,3)25-19(23)15-11-13-10-12-6-4-8-21-9-5-7-14(16(12)21)17(13)24-18(15)22/h4-11H,1-3H3;10-11H,4-9H2,1-3H3. The lowest BCUT2D eigenvalue weighted by Crippen LogP contribution is -2.43. The van der Waals surface area contributed by atoms with Gasteiger partial charge in [-0.05, 0) is 120 Å². The normalized spacial score (nSPS) is 14.7. The summed E-state index contributed by atoms with van der Waals surface area (Å²) in [5.74, 6) is -0.629. The Hall–Kier alpha value is -5.02. The third-order valence-electron chi connectivity index (χ3n) is 9.89. The molecule has 2 aliphatic rings. The zero-order valence-corrected chi connectivity index (χ0v) is 30.6. The first-order chi connectivity index (χ1) is 24.2. The topological polar surface area (TPSA) is 98.8 Å². The van der Waals surface area contributed by atoms with Gasteiger partial charge < -0.3 is 14.1 Å². The van der Waals surface area contributed by atoms with Gasteiger partial charge in [-0.25, -0.2) is 9.59 Å². The Balaban J connectivity index is 0.000000147. The highest BCUT2D eigenvalue weighted by Crippen LogP contribution is 2.41. The second kappa shape index (κ2) is 11.8. The van der Waals surface area contributed by atoms with Crippen molar-refractivity contribution in [1.82, 2.24) is 4.57 Å². The lowest BCUT2D eigenvalue weighted by atomic mass is 9.90. The van der Waals surface area contributed by atoms with Crippen molar-refractivity contribution in [2.45, 2.75) is 78.4 Å². The fraction of sp³-hybridized carbons (Fsp3) is 0.333. The van der Waals surface area contributed by atoms with Gasteiger partial charge in [-0.1, -0.05) is 24.3 Å². The summed E-state index contributed by atoms with van der Waals surface area (Å²) < 4.78 is 14.6. The molecule has 0 N–H and O–H groups in total. The molecule has 260 valence electrons. The second-order valence-corrected chi connectivity index (χ2v) is 16.7. The van der Waals surface area contributed by atoms with Crippen molar-refractivity contribution in [3.63, 3.8) is 0 Å². The van der Waals surface area contributed by atoms with Crippen molar-refractivity contribution in [3.8, 4) is 0 Å². The van der Waals surface area contributed by atoms with Crippen LogP contribution in [0.15, 0.2) is 79.5 Å². The number of carbonyl (C=O) groups is 1. The molecule has 4 aromatic carbocycles. The summed E-state index contributed by atoms with van der Waals surface area (Å²) in [7, 11) is 0. The van der Waals surface area contributed by atoms with E-state index in [9.17, 15) is 19.2 Å². The minimum absolute atomic E-state index is 0.0296. The molecule has 0 amide bonds. The molecule has 0 radical (unpaired) electrons. The van der Waals surface area contributed by atoms with Crippen molar-refractivity contribution in [1.29, 1.82) is 0 Å². The highest BCUT2D eigenvalue weighted by atomic mass is 32.1. The molecule has 0 bridgehead atoms. The van der Waals surface area contributed by atoms with Crippen LogP contribution in [-0.2, 0) is 23.1 Å². The number of hydrogen-bond acceptors (Lipinski definition) is 8. The summed E-state index contributed by atoms with van der Waals surface area (Å²) in [5.41, 5.74) is 2.01. The van der Waals surface area contributed by atoms with Crippen LogP contribution in [0.3, 0.4) is 0 Å². The Morgan fingerprint density at radius 1 is 0.765 bits per heavy atom. The van der Waals surface area contributed by atoms with Crippen molar-refractivity contribution >= 4 is 75.7 Å². The van der Waals surface area contributed by atoms with Gasteiger partial charge in [0.05, 0.1) is 0 Å². The van der Waals surface area contributed by atoms with Gasteiger partial charge in [0, 0.05) is 66.2 Å². The molecule has 8 nitrogen and oxygen atoms in total. The molecule has 0 fully saturated rings. The number of aryl methyl sites for hydroxylation is 2. The van der Waals surface area contributed by atoms with E-state index in [1.165, 1.54) is 20.5 Å². The number of hydrogen-bond donors (Lipinski definition) is 0. The lowest BCUT2D eigenvalue weighted by Gasteiger charge is -2.37. The van der Waals surface area contributed by atoms with Gasteiger partial charge in [-0.3, -0.25) is 14.2 Å². The van der Waals surface area contributed by atoms with Crippen LogP contribution in [0.2, 0.25) is 0 Å². The largest absolute Gasteiger partial charge is 0.456 e. The number of pyridine rings is 1. The van der Waals surface area contributed by atoms with Crippen LogP contribution in [0, 0.1) is 0 Å². The summed E-state index contributed by atoms with van der Waals surface area (Å²) in [6.45, 7) is 13.1. The average molecular weight is 701 g/mol. The molecule has 0 saturated carbocycles. The first kappa shape index (κ1) is 33.1. The van der Waals surface area contributed by atoms with E-state index >= 15 is 0 Å². The average Bonchev–Trinajstić information content (AvgIpc) is 3.07. The summed E-state index contributed by atoms with van der Waals surface area (Å²) in [6, 6.07) is 19.8. The molecule has 7 aromatic rings. The Bertz CT molecular complexity index is 2710. The number of ether oxygens (including phenoxy) is 1. The van der Waals surface area contributed by atoms with E-state index in [1.807, 2.05) is 57.2 Å². The molecule has 3 aromatic heterocycles. The lowest BCUT2D eigenvalue weighted by molar-refractivity contribution is 0.00653. The van der Waals surface area contributed by atoms with Crippen LogP contribution < -0.4 is 21.6 Å². The predicted octanol–water partition coefficient (Wildman–Crippen LogP) is 8.52. The van der Waals surface area contributed by atoms with Crippen LogP contribution in [0.4, 0.5) is 5.69 Å². The molecular weight excluding hydrogens is 661 g/mol. The van der Waals surface area contributed by atoms with E-state index in [-0.39, 0.29) is 16.7 Å². The number of nitrogens with zero attached hydrogens (tertiary/aromatic N) is 2. The fourth-order valence-electron chi connectivity index (χ4n) is 7.89. The monoisotopic (exact) mass is 700 g/mol. The highest BCUT2D eigenvalue weighted by Gasteiger charge is 2.29. The maximum absolute atomic E-state index is 13.1. The second-order valence-electron chi connectivity index (χ2n) is 15.7. The van der Waals surface area contributed by atoms with Crippen molar-refractivity contribution in [2.75, 3.05) is 18.0 Å². The van der Waals surface area contributed by atoms with E-state index < -0.39 is 22.7 Å². The smallest absolute Gasteiger partial charge is 0.351 e. The van der Waals surface area contributed by atoms with Gasteiger partial charge in [-0.15, -0.1) is 11.3 Å². The van der Waals surface area contributed by atoms with Crippen LogP contribution in [-0.4, -0.2) is 29.2 Å². The summed E-state index contributed by atoms with van der Waals surface area (Å²) >= 11 is 1.70. The van der Waals surface area contributed by atoms with Crippen LogP contribution >= 0.6 is 11.3 Å². The van der Waals surface area contributed by atoms with Crippen LogP contribution in [0.5, 0.6) is 0 Å². The SMILES string of the molecule is CC(C)(C)OC(=O)c1cc2cc3c4c(c2oc1=O)CCCN4CCC3.CC(C)(C)n1c(=O)c2ccc3sc4ccccc4c4ccc(c1=O)c2c34. The molecule has 0 aliphatic carbocycles. The fourth-order valence-corrected chi connectivity index (χ4v) is 9.01. The van der Waals surface area contributed by atoms with Gasteiger partial charge in [-0.2, -0.15) is 0 Å². The number of benzene rings is 4. The first-order valence-electron chi connectivity index (χ1n) is 17.6. The summed E-state index contributed by atoms with van der Waals surface area (Å²) in [6.07, 6.45) is 4.12. The van der Waals surface area contributed by atoms with E-state index in [2.05, 4.69) is 23.1 Å². The first-order valence-corrected chi connectivity index (χ1v) is 18.4. The van der Waals surface area contributed by atoms with Crippen molar-refractivity contribution in [3.05, 3.63) is 108 Å². The van der Waals surface area contributed by atoms with E-state index in [1.54, 1.807) is 38.2 Å². The van der Waals surface area contributed by atoms with E-state index in [0.717, 1.165) is 76.0 Å². The minimum atomic E-state index is -0.652. The van der Waals surface area contributed by atoms with Gasteiger partial charge in [0.2, 0.25) is 0 Å². The molecule has 2 aliphatic heterocycles. The maximum atomic E-state index is 13.1. The third kappa shape index (κ3) is 5.49. The quantitative estimate of drug-likeness (QED) is 0.0733. The number of aromatic nitrogens is 1. The highest BCUT2D eigenvalue weighted by molar-refractivity contribution is 7.25. The van der Waals surface area contributed by atoms with Gasteiger partial charge in [0.1, 0.15) is 16.7 Å². The maximum Gasteiger partial charge on any atom is 0.351 e. The van der Waals surface area contributed by atoms with Gasteiger partial charge in [0.15, 0.2) is 0 Å². The molecule has 0 saturated heterocycles. The number of anilines is 1. The van der Waals surface area contributed by atoms with Crippen molar-refractivity contribution in [2.24, 2.45) is 0 Å². The zero-order chi connectivity index (χ0) is 36.0.